The van der Waals surface area contributed by atoms with Crippen molar-refractivity contribution < 1.29 is 4.79 Å². The first-order valence-corrected chi connectivity index (χ1v) is 10.8. The fourth-order valence-corrected chi connectivity index (χ4v) is 5.25. The van der Waals surface area contributed by atoms with Crippen molar-refractivity contribution in [1.29, 1.82) is 0 Å². The number of nitrogens with zero attached hydrogens (tertiary/aromatic N) is 2. The number of amides is 1. The molecule has 2 heterocycles. The molecule has 1 N–H and O–H groups in total. The third kappa shape index (κ3) is 3.95. The Kier molecular flexibility index (Phi) is 5.72. The molecule has 0 saturated carbocycles. The minimum absolute atomic E-state index is 0.259. The van der Waals surface area contributed by atoms with Crippen LogP contribution in [0, 0.1) is 0 Å². The van der Waals surface area contributed by atoms with Crippen LogP contribution in [0.5, 0.6) is 0 Å². The van der Waals surface area contributed by atoms with Gasteiger partial charge in [0.25, 0.3) is 5.91 Å². The molecule has 0 spiro atoms. The van der Waals surface area contributed by atoms with E-state index in [4.69, 9.17) is 34.8 Å². The van der Waals surface area contributed by atoms with Gasteiger partial charge in [-0.3, -0.25) is 4.79 Å². The molecule has 28 heavy (non-hydrogen) atoms. The van der Waals surface area contributed by atoms with Crippen LogP contribution in [0.4, 0.5) is 11.4 Å². The number of carbonyl (C=O) groups is 1. The lowest BCUT2D eigenvalue weighted by molar-refractivity contribution is 0.103. The molecule has 1 fully saturated rings. The second-order valence-corrected chi connectivity index (χ2v) is 9.07. The van der Waals surface area contributed by atoms with Crippen molar-refractivity contribution in [2.75, 3.05) is 43.4 Å². The molecule has 0 unspecified atom stereocenters. The summed E-state index contributed by atoms with van der Waals surface area (Å²) in [6.45, 7) is 3.87. The van der Waals surface area contributed by atoms with Gasteiger partial charge >= 0.3 is 0 Å². The zero-order chi connectivity index (χ0) is 19.8. The van der Waals surface area contributed by atoms with Crippen LogP contribution in [-0.4, -0.2) is 44.0 Å². The summed E-state index contributed by atoms with van der Waals surface area (Å²) in [5, 5.41) is 5.39. The van der Waals surface area contributed by atoms with Crippen LogP contribution < -0.4 is 10.2 Å². The Morgan fingerprint density at radius 2 is 1.79 bits per heavy atom. The average Bonchev–Trinajstić information content (AvgIpc) is 2.99. The lowest BCUT2D eigenvalue weighted by Gasteiger charge is -2.34. The van der Waals surface area contributed by atoms with E-state index in [0.29, 0.717) is 25.6 Å². The molecule has 1 aliphatic heterocycles. The van der Waals surface area contributed by atoms with Gasteiger partial charge in [-0.1, -0.05) is 40.9 Å². The van der Waals surface area contributed by atoms with Gasteiger partial charge in [0.15, 0.2) is 0 Å². The van der Waals surface area contributed by atoms with Gasteiger partial charge in [-0.2, -0.15) is 0 Å². The first kappa shape index (κ1) is 19.8. The van der Waals surface area contributed by atoms with Gasteiger partial charge in [0.05, 0.1) is 15.7 Å². The summed E-state index contributed by atoms with van der Waals surface area (Å²) in [7, 11) is 2.12. The first-order valence-electron chi connectivity index (χ1n) is 8.84. The van der Waals surface area contributed by atoms with Gasteiger partial charge in [0.2, 0.25) is 0 Å². The Bertz CT molecular complexity index is 1040. The summed E-state index contributed by atoms with van der Waals surface area (Å²) in [6.07, 6.45) is 0. The standard InChI is InChI=1S/C20H18Cl3N3OS/c1-25-6-8-26(9-7-25)16-5-3-13(11-15(16)22)24-20(27)19-18(23)14-4-2-12(21)10-17(14)28-19/h2-5,10-11H,6-9H2,1H3,(H,24,27). The topological polar surface area (TPSA) is 35.6 Å². The molecule has 1 aromatic heterocycles. The summed E-state index contributed by atoms with van der Waals surface area (Å²) in [4.78, 5) is 17.8. The average molecular weight is 455 g/mol. The quantitative estimate of drug-likeness (QED) is 0.538. The third-order valence-electron chi connectivity index (χ3n) is 4.85. The Hall–Kier alpha value is -1.50. The van der Waals surface area contributed by atoms with Crippen molar-refractivity contribution in [3.63, 3.8) is 0 Å². The lowest BCUT2D eigenvalue weighted by atomic mass is 10.2. The first-order chi connectivity index (χ1) is 13.4. The predicted molar refractivity (Wildman–Crippen MR) is 121 cm³/mol. The number of benzene rings is 2. The molecule has 1 saturated heterocycles. The van der Waals surface area contributed by atoms with E-state index in [-0.39, 0.29) is 5.91 Å². The SMILES string of the molecule is CN1CCN(c2ccc(NC(=O)c3sc4cc(Cl)ccc4c3Cl)cc2Cl)CC1. The van der Waals surface area contributed by atoms with E-state index in [1.54, 1.807) is 12.1 Å². The van der Waals surface area contributed by atoms with Gasteiger partial charge < -0.3 is 15.1 Å². The van der Waals surface area contributed by atoms with Crippen molar-refractivity contribution in [2.24, 2.45) is 0 Å². The molecule has 0 aliphatic carbocycles. The van der Waals surface area contributed by atoms with E-state index in [9.17, 15) is 4.79 Å². The highest BCUT2D eigenvalue weighted by Crippen LogP contribution is 2.37. The second kappa shape index (κ2) is 8.09. The van der Waals surface area contributed by atoms with Crippen LogP contribution >= 0.6 is 46.1 Å². The summed E-state index contributed by atoms with van der Waals surface area (Å²) >= 11 is 20.3. The van der Waals surface area contributed by atoms with Crippen LogP contribution in [0.2, 0.25) is 15.1 Å². The van der Waals surface area contributed by atoms with Gasteiger partial charge in [-0.25, -0.2) is 0 Å². The van der Waals surface area contributed by atoms with Gasteiger partial charge in [0.1, 0.15) is 4.88 Å². The maximum absolute atomic E-state index is 12.7. The van der Waals surface area contributed by atoms with E-state index >= 15 is 0 Å². The van der Waals surface area contributed by atoms with Crippen LogP contribution in [0.25, 0.3) is 10.1 Å². The smallest absolute Gasteiger partial charge is 0.267 e. The number of carbonyl (C=O) groups excluding carboxylic acids is 1. The Morgan fingerprint density at radius 3 is 2.50 bits per heavy atom. The van der Waals surface area contributed by atoms with Crippen molar-refractivity contribution in [3.05, 3.63) is 56.3 Å². The van der Waals surface area contributed by atoms with Gasteiger partial charge in [-0.05, 0) is 37.4 Å². The number of rotatable bonds is 3. The zero-order valence-corrected chi connectivity index (χ0v) is 18.2. The largest absolute Gasteiger partial charge is 0.368 e. The normalized spacial score (nSPS) is 15.2. The molecular formula is C20H18Cl3N3OS. The predicted octanol–water partition coefficient (Wildman–Crippen LogP) is 5.87. The van der Waals surface area contributed by atoms with E-state index in [1.165, 1.54) is 11.3 Å². The highest BCUT2D eigenvalue weighted by molar-refractivity contribution is 7.21. The molecule has 2 aromatic carbocycles. The Balaban J connectivity index is 1.53. The molecule has 4 nitrogen and oxygen atoms in total. The highest BCUT2D eigenvalue weighted by atomic mass is 35.5. The summed E-state index contributed by atoms with van der Waals surface area (Å²) in [5.74, 6) is -0.259. The molecule has 0 atom stereocenters. The number of anilines is 2. The number of halogens is 3. The highest BCUT2D eigenvalue weighted by Gasteiger charge is 2.19. The summed E-state index contributed by atoms with van der Waals surface area (Å²) < 4.78 is 0.881. The number of hydrogen-bond acceptors (Lipinski definition) is 4. The fraction of sp³-hybridized carbons (Fsp3) is 0.250. The van der Waals surface area contributed by atoms with Crippen LogP contribution in [0.1, 0.15) is 9.67 Å². The number of fused-ring (bicyclic) bond motifs is 1. The molecule has 3 aromatic rings. The lowest BCUT2D eigenvalue weighted by Crippen LogP contribution is -2.44. The van der Waals surface area contributed by atoms with E-state index in [2.05, 4.69) is 22.2 Å². The summed E-state index contributed by atoms with van der Waals surface area (Å²) in [6, 6.07) is 11.0. The Labute approximate surface area is 182 Å². The monoisotopic (exact) mass is 453 g/mol. The molecule has 146 valence electrons. The van der Waals surface area contributed by atoms with Crippen LogP contribution in [0.15, 0.2) is 36.4 Å². The number of piperazine rings is 1. The number of thiophene rings is 1. The second-order valence-electron chi connectivity index (χ2n) is 6.80. The van der Waals surface area contributed by atoms with Crippen molar-refractivity contribution >= 4 is 73.5 Å². The fourth-order valence-electron chi connectivity index (χ4n) is 3.26. The minimum atomic E-state index is -0.259. The van der Waals surface area contributed by atoms with Crippen LogP contribution in [-0.2, 0) is 0 Å². The van der Waals surface area contributed by atoms with Crippen LogP contribution in [0.3, 0.4) is 0 Å². The van der Waals surface area contributed by atoms with E-state index in [1.807, 2.05) is 24.3 Å². The molecule has 1 amide bonds. The minimum Gasteiger partial charge on any atom is -0.368 e. The molecule has 0 radical (unpaired) electrons. The van der Waals surface area contributed by atoms with E-state index in [0.717, 1.165) is 42.0 Å². The van der Waals surface area contributed by atoms with Crippen molar-refractivity contribution in [3.8, 4) is 0 Å². The maximum atomic E-state index is 12.7. The van der Waals surface area contributed by atoms with E-state index < -0.39 is 0 Å². The third-order valence-corrected chi connectivity index (χ3v) is 7.04. The molecule has 8 heteroatoms. The maximum Gasteiger partial charge on any atom is 0.267 e. The van der Waals surface area contributed by atoms with Gasteiger partial charge in [0, 0.05) is 47.0 Å². The molecular weight excluding hydrogens is 437 g/mol. The zero-order valence-electron chi connectivity index (χ0n) is 15.1. The number of nitrogens with one attached hydrogen (secondary N) is 1. The number of hydrogen-bond donors (Lipinski definition) is 1. The number of likely N-dealkylation sites (N-methyl/N-ethyl adjacent to an activating group) is 1. The summed E-state index contributed by atoms with van der Waals surface area (Å²) in [5.41, 5.74) is 1.63. The Morgan fingerprint density at radius 1 is 1.04 bits per heavy atom. The van der Waals surface area contributed by atoms with Crippen molar-refractivity contribution in [2.45, 2.75) is 0 Å². The molecule has 4 rings (SSSR count). The molecule has 0 bridgehead atoms. The van der Waals surface area contributed by atoms with Gasteiger partial charge in [-0.15, -0.1) is 11.3 Å². The van der Waals surface area contributed by atoms with Crippen molar-refractivity contribution in [1.82, 2.24) is 4.90 Å². The molecule has 1 aliphatic rings.